The Kier molecular flexibility index (Phi) is 4.10. The number of rotatable bonds is 5. The number of sulfonamides is 1. The smallest absolute Gasteiger partial charge is 0.251 e. The van der Waals surface area contributed by atoms with Crippen LogP contribution in [-0.2, 0) is 16.4 Å². The van der Waals surface area contributed by atoms with Crippen LogP contribution in [0.15, 0.2) is 29.1 Å². The van der Waals surface area contributed by atoms with Crippen LogP contribution >= 0.6 is 0 Å². The number of nitrogens with one attached hydrogen (secondary N) is 2. The first-order valence-corrected chi connectivity index (χ1v) is 7.93. The molecule has 20 heavy (non-hydrogen) atoms. The summed E-state index contributed by atoms with van der Waals surface area (Å²) in [5.74, 6) is 0.699. The molecule has 6 nitrogen and oxygen atoms in total. The molecule has 7 heteroatoms. The summed E-state index contributed by atoms with van der Waals surface area (Å²) in [6.45, 7) is 0.192. The monoisotopic (exact) mass is 296 g/mol. The van der Waals surface area contributed by atoms with E-state index in [0.29, 0.717) is 17.7 Å². The van der Waals surface area contributed by atoms with Crippen molar-refractivity contribution in [3.05, 3.63) is 40.2 Å². The van der Waals surface area contributed by atoms with Crippen molar-refractivity contribution in [3.63, 3.8) is 0 Å². The van der Waals surface area contributed by atoms with Gasteiger partial charge in [0.05, 0.1) is 13.4 Å². The summed E-state index contributed by atoms with van der Waals surface area (Å²) in [7, 11) is -1.67. The van der Waals surface area contributed by atoms with E-state index < -0.39 is 10.0 Å². The molecule has 0 aliphatic carbocycles. The Bertz CT molecular complexity index is 781. The van der Waals surface area contributed by atoms with Gasteiger partial charge in [0.15, 0.2) is 0 Å². The van der Waals surface area contributed by atoms with Crippen molar-refractivity contribution in [3.8, 4) is 5.75 Å². The Morgan fingerprint density at radius 1 is 1.30 bits per heavy atom. The molecule has 0 spiro atoms. The van der Waals surface area contributed by atoms with Gasteiger partial charge in [-0.05, 0) is 30.7 Å². The summed E-state index contributed by atoms with van der Waals surface area (Å²) in [5, 5.41) is 0.846. The van der Waals surface area contributed by atoms with E-state index in [4.69, 9.17) is 4.74 Å². The van der Waals surface area contributed by atoms with Crippen molar-refractivity contribution in [1.82, 2.24) is 9.71 Å². The molecule has 2 rings (SSSR count). The maximum absolute atomic E-state index is 11.9. The molecular formula is C13H16N2O4S. The second-order valence-electron chi connectivity index (χ2n) is 4.49. The number of hydrogen-bond donors (Lipinski definition) is 2. The molecule has 108 valence electrons. The fourth-order valence-corrected chi connectivity index (χ4v) is 2.39. The Morgan fingerprint density at radius 2 is 2.05 bits per heavy atom. The molecule has 0 saturated heterocycles. The van der Waals surface area contributed by atoms with Crippen molar-refractivity contribution in [2.24, 2.45) is 0 Å². The molecule has 0 radical (unpaired) electrons. The third-order valence-electron chi connectivity index (χ3n) is 2.89. The molecule has 1 aromatic carbocycles. The topological polar surface area (TPSA) is 88.3 Å². The molecule has 0 aliphatic heterocycles. The molecule has 0 unspecified atom stereocenters. The predicted molar refractivity (Wildman–Crippen MR) is 77.7 cm³/mol. The van der Waals surface area contributed by atoms with Crippen LogP contribution in [0.5, 0.6) is 5.75 Å². The standard InChI is InChI=1S/C13H16N2O4S/c1-19-11-3-4-12-10(8-11)7-9(13(16)15-12)5-6-14-20(2,17)18/h3-4,7-8,14H,5-6H2,1-2H3,(H,15,16). The third-order valence-corrected chi connectivity index (χ3v) is 3.62. The number of ether oxygens (including phenoxy) is 1. The predicted octanol–water partition coefficient (Wildman–Crippen LogP) is 0.628. The normalized spacial score (nSPS) is 11.7. The summed E-state index contributed by atoms with van der Waals surface area (Å²) in [6.07, 6.45) is 1.41. The lowest BCUT2D eigenvalue weighted by atomic mass is 10.1. The van der Waals surface area contributed by atoms with Crippen molar-refractivity contribution in [1.29, 1.82) is 0 Å². The number of pyridine rings is 1. The second kappa shape index (κ2) is 5.64. The molecule has 0 aliphatic rings. The van der Waals surface area contributed by atoms with Crippen LogP contribution in [-0.4, -0.2) is 33.3 Å². The molecule has 2 aromatic rings. The summed E-state index contributed by atoms with van der Waals surface area (Å²) >= 11 is 0. The highest BCUT2D eigenvalue weighted by Crippen LogP contribution is 2.18. The van der Waals surface area contributed by atoms with Crippen molar-refractivity contribution in [2.45, 2.75) is 6.42 Å². The first kappa shape index (κ1) is 14.5. The molecule has 0 bridgehead atoms. The van der Waals surface area contributed by atoms with Gasteiger partial charge in [-0.3, -0.25) is 4.79 Å². The average molecular weight is 296 g/mol. The third kappa shape index (κ3) is 3.58. The van der Waals surface area contributed by atoms with Crippen LogP contribution in [0.25, 0.3) is 10.9 Å². The molecular weight excluding hydrogens is 280 g/mol. The SMILES string of the molecule is COc1ccc2[nH]c(=O)c(CCNS(C)(=O)=O)cc2c1. The average Bonchev–Trinajstić information content (AvgIpc) is 2.37. The van der Waals surface area contributed by atoms with Gasteiger partial charge in [-0.25, -0.2) is 13.1 Å². The van der Waals surface area contributed by atoms with Crippen LogP contribution in [0.1, 0.15) is 5.56 Å². The fraction of sp³-hybridized carbons (Fsp3) is 0.308. The summed E-state index contributed by atoms with van der Waals surface area (Å²) < 4.78 is 29.5. The second-order valence-corrected chi connectivity index (χ2v) is 6.33. The zero-order valence-electron chi connectivity index (χ0n) is 11.3. The van der Waals surface area contributed by atoms with E-state index in [2.05, 4.69) is 9.71 Å². The van der Waals surface area contributed by atoms with Crippen molar-refractivity contribution in [2.75, 3.05) is 19.9 Å². The summed E-state index contributed by atoms with van der Waals surface area (Å²) in [5.41, 5.74) is 1.04. The Labute approximate surface area is 116 Å². The van der Waals surface area contributed by atoms with Gasteiger partial charge in [0.25, 0.3) is 5.56 Å². The maximum atomic E-state index is 11.9. The number of aromatic amines is 1. The molecule has 2 N–H and O–H groups in total. The van der Waals surface area contributed by atoms with Gasteiger partial charge in [-0.15, -0.1) is 0 Å². The lowest BCUT2D eigenvalue weighted by Gasteiger charge is -2.06. The molecule has 0 fully saturated rings. The number of benzene rings is 1. The van der Waals surface area contributed by atoms with Gasteiger partial charge in [0.1, 0.15) is 5.75 Å². The fourth-order valence-electron chi connectivity index (χ4n) is 1.91. The van der Waals surface area contributed by atoms with Crippen LogP contribution in [0.4, 0.5) is 0 Å². The Hall–Kier alpha value is -1.86. The van der Waals surface area contributed by atoms with Gasteiger partial charge in [-0.2, -0.15) is 0 Å². The highest BCUT2D eigenvalue weighted by atomic mass is 32.2. The first-order chi connectivity index (χ1) is 9.39. The zero-order chi connectivity index (χ0) is 14.8. The van der Waals surface area contributed by atoms with Crippen LogP contribution in [0.2, 0.25) is 0 Å². The van der Waals surface area contributed by atoms with E-state index in [1.54, 1.807) is 25.3 Å². The summed E-state index contributed by atoms with van der Waals surface area (Å²) in [6, 6.07) is 7.11. The minimum Gasteiger partial charge on any atom is -0.497 e. The Balaban J connectivity index is 2.29. The molecule has 0 saturated carbocycles. The molecule has 1 heterocycles. The van der Waals surface area contributed by atoms with Crippen LogP contribution < -0.4 is 15.0 Å². The molecule has 0 amide bonds. The number of H-pyrrole nitrogens is 1. The van der Waals surface area contributed by atoms with E-state index in [9.17, 15) is 13.2 Å². The van der Waals surface area contributed by atoms with Crippen molar-refractivity contribution >= 4 is 20.9 Å². The number of fused-ring (bicyclic) bond motifs is 1. The van der Waals surface area contributed by atoms with Gasteiger partial charge in [-0.1, -0.05) is 0 Å². The van der Waals surface area contributed by atoms with E-state index in [-0.39, 0.29) is 12.1 Å². The Morgan fingerprint density at radius 3 is 2.70 bits per heavy atom. The number of methoxy groups -OCH3 is 1. The van der Waals surface area contributed by atoms with E-state index >= 15 is 0 Å². The highest BCUT2D eigenvalue weighted by Gasteiger charge is 2.06. The van der Waals surface area contributed by atoms with Crippen LogP contribution in [0.3, 0.4) is 0 Å². The van der Waals surface area contributed by atoms with Gasteiger partial charge >= 0.3 is 0 Å². The lowest BCUT2D eigenvalue weighted by Crippen LogP contribution is -2.26. The molecule has 0 atom stereocenters. The maximum Gasteiger partial charge on any atom is 0.251 e. The van der Waals surface area contributed by atoms with Crippen LogP contribution in [0, 0.1) is 0 Å². The minimum atomic E-state index is -3.24. The lowest BCUT2D eigenvalue weighted by molar-refractivity contribution is 0.415. The van der Waals surface area contributed by atoms with Crippen molar-refractivity contribution < 1.29 is 13.2 Å². The van der Waals surface area contributed by atoms with E-state index in [0.717, 1.165) is 17.2 Å². The largest absolute Gasteiger partial charge is 0.497 e. The summed E-state index contributed by atoms with van der Waals surface area (Å²) in [4.78, 5) is 14.6. The number of aromatic nitrogens is 1. The molecule has 1 aromatic heterocycles. The highest BCUT2D eigenvalue weighted by molar-refractivity contribution is 7.88. The minimum absolute atomic E-state index is 0.192. The number of hydrogen-bond acceptors (Lipinski definition) is 4. The van der Waals surface area contributed by atoms with Gasteiger partial charge in [0.2, 0.25) is 10.0 Å². The van der Waals surface area contributed by atoms with E-state index in [1.807, 2.05) is 6.07 Å². The van der Waals surface area contributed by atoms with Gasteiger partial charge in [0, 0.05) is 23.0 Å². The van der Waals surface area contributed by atoms with E-state index in [1.165, 1.54) is 0 Å². The quantitative estimate of drug-likeness (QED) is 0.847. The van der Waals surface area contributed by atoms with Gasteiger partial charge < -0.3 is 9.72 Å². The zero-order valence-corrected chi connectivity index (χ0v) is 12.1. The first-order valence-electron chi connectivity index (χ1n) is 6.03.